The van der Waals surface area contributed by atoms with E-state index in [1.54, 1.807) is 0 Å². The van der Waals surface area contributed by atoms with E-state index < -0.39 is 0 Å². The highest BCUT2D eigenvalue weighted by molar-refractivity contribution is 6.03. The molecule has 86 valence electrons. The molecule has 0 aromatic heterocycles. The Morgan fingerprint density at radius 2 is 2.00 bits per heavy atom. The molecule has 0 saturated heterocycles. The second kappa shape index (κ2) is 3.93. The molecule has 1 aliphatic rings. The number of nitrogens with one attached hydrogen (secondary N) is 1. The summed E-state index contributed by atoms with van der Waals surface area (Å²) in [5, 5.41) is 4.51. The zero-order valence-corrected chi connectivity index (χ0v) is 10.5. The molecule has 2 rings (SSSR count). The van der Waals surface area contributed by atoms with Crippen molar-refractivity contribution in [2.75, 3.05) is 0 Å². The van der Waals surface area contributed by atoms with Crippen molar-refractivity contribution in [3.05, 3.63) is 35.4 Å². The molecule has 0 bridgehead atoms. The van der Waals surface area contributed by atoms with Gasteiger partial charge in [-0.25, -0.2) is 0 Å². The molecule has 1 aromatic rings. The summed E-state index contributed by atoms with van der Waals surface area (Å²) in [6.45, 7) is 8.86. The van der Waals surface area contributed by atoms with Crippen molar-refractivity contribution in [1.29, 1.82) is 0 Å². The fraction of sp³-hybridized carbons (Fsp3) is 0.500. The van der Waals surface area contributed by atoms with Crippen molar-refractivity contribution in [3.63, 3.8) is 0 Å². The Morgan fingerprint density at radius 1 is 1.31 bits per heavy atom. The second-order valence-corrected chi connectivity index (χ2v) is 5.23. The molecule has 0 amide bonds. The molecule has 0 saturated carbocycles. The van der Waals surface area contributed by atoms with Crippen LogP contribution in [0, 0.1) is 12.8 Å². The van der Waals surface area contributed by atoms with Gasteiger partial charge in [-0.05, 0) is 25.3 Å². The molecular weight excluding hydrogens is 196 g/mol. The third kappa shape index (κ3) is 1.84. The Morgan fingerprint density at radius 3 is 2.56 bits per heavy atom. The van der Waals surface area contributed by atoms with E-state index in [9.17, 15) is 0 Å². The molecule has 1 aliphatic heterocycles. The van der Waals surface area contributed by atoms with Crippen LogP contribution in [0.1, 0.15) is 38.3 Å². The van der Waals surface area contributed by atoms with Crippen LogP contribution in [0.25, 0.3) is 0 Å². The Bertz CT molecular complexity index is 420. The predicted molar refractivity (Wildman–Crippen MR) is 68.7 cm³/mol. The van der Waals surface area contributed by atoms with Gasteiger partial charge in [-0.15, -0.1) is 0 Å². The molecule has 0 fully saturated rings. The van der Waals surface area contributed by atoms with Crippen LogP contribution in [0.3, 0.4) is 0 Å². The SMILES string of the molecule is Cc1ccccc1C1=NNC(C)(C(C)C)C1. The van der Waals surface area contributed by atoms with E-state index in [0.717, 1.165) is 6.42 Å². The van der Waals surface area contributed by atoms with E-state index in [1.807, 2.05) is 0 Å². The Balaban J connectivity index is 2.24. The van der Waals surface area contributed by atoms with Gasteiger partial charge in [0.15, 0.2) is 0 Å². The topological polar surface area (TPSA) is 24.4 Å². The minimum absolute atomic E-state index is 0.109. The molecular formula is C14H20N2. The number of hydrazone groups is 1. The number of aryl methyl sites for hydroxylation is 1. The van der Waals surface area contributed by atoms with Crippen LogP contribution < -0.4 is 5.43 Å². The largest absolute Gasteiger partial charge is 0.303 e. The fourth-order valence-electron chi connectivity index (χ4n) is 2.01. The number of benzene rings is 1. The van der Waals surface area contributed by atoms with Crippen LogP contribution in [-0.2, 0) is 0 Å². The maximum atomic E-state index is 4.51. The fourth-order valence-corrected chi connectivity index (χ4v) is 2.01. The lowest BCUT2D eigenvalue weighted by Crippen LogP contribution is -2.40. The highest BCUT2D eigenvalue weighted by atomic mass is 15.4. The van der Waals surface area contributed by atoms with Gasteiger partial charge in [-0.2, -0.15) is 5.10 Å². The van der Waals surface area contributed by atoms with Gasteiger partial charge in [-0.3, -0.25) is 0 Å². The van der Waals surface area contributed by atoms with Crippen LogP contribution in [0.4, 0.5) is 0 Å². The van der Waals surface area contributed by atoms with Crippen molar-refractivity contribution >= 4 is 5.71 Å². The highest BCUT2D eigenvalue weighted by Gasteiger charge is 2.34. The van der Waals surface area contributed by atoms with Crippen molar-refractivity contribution in [1.82, 2.24) is 5.43 Å². The quantitative estimate of drug-likeness (QED) is 0.807. The van der Waals surface area contributed by atoms with Gasteiger partial charge in [0.2, 0.25) is 0 Å². The van der Waals surface area contributed by atoms with Crippen molar-refractivity contribution in [2.45, 2.75) is 39.7 Å². The Kier molecular flexibility index (Phi) is 2.75. The second-order valence-electron chi connectivity index (χ2n) is 5.23. The Hall–Kier alpha value is -1.31. The smallest absolute Gasteiger partial charge is 0.0701 e. The third-order valence-electron chi connectivity index (χ3n) is 3.71. The van der Waals surface area contributed by atoms with Crippen LogP contribution in [-0.4, -0.2) is 11.3 Å². The van der Waals surface area contributed by atoms with E-state index in [1.165, 1.54) is 16.8 Å². The van der Waals surface area contributed by atoms with Crippen LogP contribution in [0.15, 0.2) is 29.4 Å². The van der Waals surface area contributed by atoms with E-state index in [-0.39, 0.29) is 5.54 Å². The molecule has 1 heterocycles. The molecule has 2 nitrogen and oxygen atoms in total. The molecule has 2 heteroatoms. The summed E-state index contributed by atoms with van der Waals surface area (Å²) >= 11 is 0. The molecule has 0 radical (unpaired) electrons. The van der Waals surface area contributed by atoms with Gasteiger partial charge < -0.3 is 5.43 Å². The van der Waals surface area contributed by atoms with Crippen molar-refractivity contribution in [2.24, 2.45) is 11.0 Å². The molecule has 1 atom stereocenters. The zero-order valence-electron chi connectivity index (χ0n) is 10.5. The summed E-state index contributed by atoms with van der Waals surface area (Å²) in [5.41, 5.74) is 7.17. The maximum absolute atomic E-state index is 4.51. The minimum Gasteiger partial charge on any atom is -0.303 e. The minimum atomic E-state index is 0.109. The van der Waals surface area contributed by atoms with Gasteiger partial charge in [0.1, 0.15) is 0 Å². The monoisotopic (exact) mass is 216 g/mol. The standard InChI is InChI=1S/C14H20N2/c1-10(2)14(4)9-13(15-16-14)12-8-6-5-7-11(12)3/h5-8,10,16H,9H2,1-4H3. The molecule has 16 heavy (non-hydrogen) atoms. The molecule has 0 aliphatic carbocycles. The van der Waals surface area contributed by atoms with E-state index in [0.29, 0.717) is 5.92 Å². The molecule has 1 aromatic carbocycles. The average molecular weight is 216 g/mol. The first-order chi connectivity index (χ1) is 7.53. The predicted octanol–water partition coefficient (Wildman–Crippen LogP) is 3.11. The van der Waals surface area contributed by atoms with Gasteiger partial charge in [0.25, 0.3) is 0 Å². The summed E-state index contributed by atoms with van der Waals surface area (Å²) < 4.78 is 0. The summed E-state index contributed by atoms with van der Waals surface area (Å²) in [5.74, 6) is 0.581. The van der Waals surface area contributed by atoms with E-state index >= 15 is 0 Å². The van der Waals surface area contributed by atoms with Gasteiger partial charge in [-0.1, -0.05) is 38.1 Å². The number of nitrogens with zero attached hydrogens (tertiary/aromatic N) is 1. The normalized spacial score (nSPS) is 24.4. The first-order valence-corrected chi connectivity index (χ1v) is 5.93. The summed E-state index contributed by atoms with van der Waals surface area (Å²) in [6.07, 6.45) is 1.01. The third-order valence-corrected chi connectivity index (χ3v) is 3.71. The summed E-state index contributed by atoms with van der Waals surface area (Å²) in [7, 11) is 0. The van der Waals surface area contributed by atoms with Crippen molar-refractivity contribution < 1.29 is 0 Å². The van der Waals surface area contributed by atoms with Gasteiger partial charge >= 0.3 is 0 Å². The summed E-state index contributed by atoms with van der Waals surface area (Å²) in [6, 6.07) is 8.45. The van der Waals surface area contributed by atoms with Crippen LogP contribution in [0.2, 0.25) is 0 Å². The zero-order chi connectivity index (χ0) is 11.8. The van der Waals surface area contributed by atoms with Gasteiger partial charge in [0, 0.05) is 12.0 Å². The lowest BCUT2D eigenvalue weighted by Gasteiger charge is -2.28. The first kappa shape index (κ1) is 11.2. The van der Waals surface area contributed by atoms with Crippen molar-refractivity contribution in [3.8, 4) is 0 Å². The van der Waals surface area contributed by atoms with Gasteiger partial charge in [0.05, 0.1) is 11.3 Å². The summed E-state index contributed by atoms with van der Waals surface area (Å²) in [4.78, 5) is 0. The van der Waals surface area contributed by atoms with Crippen LogP contribution in [0.5, 0.6) is 0 Å². The number of hydrogen-bond acceptors (Lipinski definition) is 2. The Labute approximate surface area is 97.8 Å². The van der Waals surface area contributed by atoms with E-state index in [2.05, 4.69) is 62.5 Å². The molecule has 0 spiro atoms. The highest BCUT2D eigenvalue weighted by Crippen LogP contribution is 2.28. The van der Waals surface area contributed by atoms with Crippen LogP contribution >= 0.6 is 0 Å². The number of rotatable bonds is 2. The van der Waals surface area contributed by atoms with E-state index in [4.69, 9.17) is 0 Å². The lowest BCUT2D eigenvalue weighted by atomic mass is 9.83. The maximum Gasteiger partial charge on any atom is 0.0701 e. The number of hydrogen-bond donors (Lipinski definition) is 1. The average Bonchev–Trinajstić information content (AvgIpc) is 2.63. The first-order valence-electron chi connectivity index (χ1n) is 5.93. The molecule has 1 unspecified atom stereocenters. The molecule has 1 N–H and O–H groups in total. The lowest BCUT2D eigenvalue weighted by molar-refractivity contribution is 0.295.